The molecule has 5 nitrogen and oxygen atoms in total. The van der Waals surface area contributed by atoms with Crippen LogP contribution in [0.5, 0.6) is 0 Å². The largest absolute Gasteiger partial charge is 0.417 e. The summed E-state index contributed by atoms with van der Waals surface area (Å²) in [5.41, 5.74) is 0.407. The van der Waals surface area contributed by atoms with Crippen molar-refractivity contribution < 1.29 is 18.3 Å². The molecule has 1 aromatic heterocycles. The highest BCUT2D eigenvalue weighted by atomic mass is 79.9. The first-order valence-electron chi connectivity index (χ1n) is 8.24. The Labute approximate surface area is 157 Å². The number of rotatable bonds is 7. The summed E-state index contributed by atoms with van der Waals surface area (Å²) in [5.74, 6) is 1.20. The van der Waals surface area contributed by atoms with Gasteiger partial charge in [0.1, 0.15) is 5.82 Å². The molecule has 0 bridgehead atoms. The zero-order valence-corrected chi connectivity index (χ0v) is 15.4. The van der Waals surface area contributed by atoms with Crippen LogP contribution in [0.15, 0.2) is 28.7 Å². The SMILES string of the molecule is OCCCNc1nc(Nc2ccc(Br)c(C(F)(F)F)c2)cc(C2CC2)n1. The molecule has 1 fully saturated rings. The summed E-state index contributed by atoms with van der Waals surface area (Å²) in [7, 11) is 0. The van der Waals surface area contributed by atoms with Gasteiger partial charge < -0.3 is 15.7 Å². The van der Waals surface area contributed by atoms with Crippen LogP contribution in [0.25, 0.3) is 0 Å². The first-order valence-corrected chi connectivity index (χ1v) is 9.03. The molecule has 0 amide bonds. The number of aromatic nitrogens is 2. The second-order valence-corrected chi connectivity index (χ2v) is 6.95. The normalized spacial score (nSPS) is 14.3. The van der Waals surface area contributed by atoms with Crippen LogP contribution in [-0.2, 0) is 6.18 Å². The third-order valence-corrected chi connectivity index (χ3v) is 4.60. The van der Waals surface area contributed by atoms with E-state index in [9.17, 15) is 13.2 Å². The number of aliphatic hydroxyl groups is 1. The fourth-order valence-electron chi connectivity index (χ4n) is 2.44. The van der Waals surface area contributed by atoms with Gasteiger partial charge in [-0.2, -0.15) is 18.2 Å². The van der Waals surface area contributed by atoms with Gasteiger partial charge in [0.05, 0.1) is 11.3 Å². The third-order valence-electron chi connectivity index (χ3n) is 3.90. The minimum Gasteiger partial charge on any atom is -0.396 e. The molecule has 1 heterocycles. The molecule has 0 saturated heterocycles. The average molecular weight is 431 g/mol. The number of halogens is 4. The molecule has 1 saturated carbocycles. The molecule has 1 aliphatic carbocycles. The average Bonchev–Trinajstić information content (AvgIpc) is 3.41. The molecule has 3 rings (SSSR count). The number of nitrogens with zero attached hydrogens (tertiary/aromatic N) is 2. The number of alkyl halides is 3. The maximum atomic E-state index is 13.1. The highest BCUT2D eigenvalue weighted by Gasteiger charge is 2.33. The summed E-state index contributed by atoms with van der Waals surface area (Å²) in [6.45, 7) is 0.570. The molecule has 26 heavy (non-hydrogen) atoms. The number of anilines is 3. The van der Waals surface area contributed by atoms with Crippen molar-refractivity contribution in [3.05, 3.63) is 40.0 Å². The zero-order chi connectivity index (χ0) is 18.7. The van der Waals surface area contributed by atoms with Gasteiger partial charge in [-0.3, -0.25) is 0 Å². The Hall–Kier alpha value is -1.87. The topological polar surface area (TPSA) is 70.1 Å². The van der Waals surface area contributed by atoms with Gasteiger partial charge in [0.15, 0.2) is 0 Å². The second kappa shape index (κ2) is 7.79. The van der Waals surface area contributed by atoms with Crippen LogP contribution < -0.4 is 10.6 Å². The van der Waals surface area contributed by atoms with Crippen LogP contribution in [0, 0.1) is 0 Å². The quantitative estimate of drug-likeness (QED) is 0.556. The van der Waals surface area contributed by atoms with E-state index in [0.717, 1.165) is 24.6 Å². The highest BCUT2D eigenvalue weighted by molar-refractivity contribution is 9.10. The first-order chi connectivity index (χ1) is 12.4. The lowest BCUT2D eigenvalue weighted by atomic mass is 10.2. The van der Waals surface area contributed by atoms with Crippen molar-refractivity contribution >= 4 is 33.4 Å². The van der Waals surface area contributed by atoms with E-state index in [4.69, 9.17) is 5.11 Å². The Morgan fingerprint density at radius 2 is 1.96 bits per heavy atom. The molecule has 2 aromatic rings. The fraction of sp³-hybridized carbons (Fsp3) is 0.412. The standard InChI is InChI=1S/C17H18BrF3N4O/c18-13-5-4-11(8-12(13)17(19,20)21)23-15-9-14(10-2-3-10)24-16(25-15)22-6-1-7-26/h4-5,8-10,26H,1-3,6-7H2,(H2,22,23,24,25). The van der Waals surface area contributed by atoms with Crippen molar-refractivity contribution in [1.29, 1.82) is 0 Å². The van der Waals surface area contributed by atoms with Gasteiger partial charge in [0.2, 0.25) is 5.95 Å². The Morgan fingerprint density at radius 1 is 1.19 bits per heavy atom. The summed E-state index contributed by atoms with van der Waals surface area (Å²) in [4.78, 5) is 8.77. The Kier molecular flexibility index (Phi) is 5.67. The van der Waals surface area contributed by atoms with Gasteiger partial charge in [-0.15, -0.1) is 0 Å². The molecule has 0 radical (unpaired) electrons. The van der Waals surface area contributed by atoms with E-state index in [0.29, 0.717) is 36.3 Å². The Morgan fingerprint density at radius 3 is 2.62 bits per heavy atom. The summed E-state index contributed by atoms with van der Waals surface area (Å²) >= 11 is 2.93. The predicted molar refractivity (Wildman–Crippen MR) is 96.6 cm³/mol. The van der Waals surface area contributed by atoms with Crippen LogP contribution in [0.1, 0.15) is 36.4 Å². The van der Waals surface area contributed by atoms with Gasteiger partial charge in [-0.05, 0) is 37.5 Å². The van der Waals surface area contributed by atoms with Crippen molar-refractivity contribution in [1.82, 2.24) is 9.97 Å². The number of aliphatic hydroxyl groups excluding tert-OH is 1. The smallest absolute Gasteiger partial charge is 0.396 e. The van der Waals surface area contributed by atoms with Crippen molar-refractivity contribution in [3.8, 4) is 0 Å². The monoisotopic (exact) mass is 430 g/mol. The zero-order valence-electron chi connectivity index (χ0n) is 13.8. The molecular weight excluding hydrogens is 413 g/mol. The maximum absolute atomic E-state index is 13.1. The van der Waals surface area contributed by atoms with Crippen LogP contribution in [0.2, 0.25) is 0 Å². The molecule has 0 spiro atoms. The van der Waals surface area contributed by atoms with Gasteiger partial charge in [0, 0.05) is 35.3 Å². The molecular formula is C17H18BrF3N4O. The van der Waals surface area contributed by atoms with Crippen molar-refractivity contribution in [2.75, 3.05) is 23.8 Å². The predicted octanol–water partition coefficient (Wildman–Crippen LogP) is 4.67. The maximum Gasteiger partial charge on any atom is 0.417 e. The lowest BCUT2D eigenvalue weighted by molar-refractivity contribution is -0.138. The van der Waals surface area contributed by atoms with E-state index in [1.54, 1.807) is 12.1 Å². The van der Waals surface area contributed by atoms with E-state index in [1.807, 2.05) is 0 Å². The molecule has 0 unspecified atom stereocenters. The molecule has 3 N–H and O–H groups in total. The van der Waals surface area contributed by atoms with E-state index < -0.39 is 11.7 Å². The highest BCUT2D eigenvalue weighted by Crippen LogP contribution is 2.40. The first kappa shape index (κ1) is 18.9. The minimum absolute atomic E-state index is 0.0109. The van der Waals surface area contributed by atoms with Crippen LogP contribution >= 0.6 is 15.9 Å². The molecule has 0 atom stereocenters. The second-order valence-electron chi connectivity index (χ2n) is 6.10. The summed E-state index contributed by atoms with van der Waals surface area (Å²) in [6.07, 6.45) is -1.80. The Balaban J connectivity index is 1.84. The molecule has 1 aromatic carbocycles. The molecule has 140 valence electrons. The van der Waals surface area contributed by atoms with Crippen LogP contribution in [0.4, 0.5) is 30.6 Å². The van der Waals surface area contributed by atoms with Gasteiger partial charge >= 0.3 is 6.18 Å². The van der Waals surface area contributed by atoms with Crippen molar-refractivity contribution in [2.24, 2.45) is 0 Å². The van der Waals surface area contributed by atoms with E-state index >= 15 is 0 Å². The van der Waals surface area contributed by atoms with E-state index in [2.05, 4.69) is 36.5 Å². The van der Waals surface area contributed by atoms with Gasteiger partial charge in [-0.25, -0.2) is 4.98 Å². The molecule has 0 aliphatic heterocycles. The lowest BCUT2D eigenvalue weighted by Crippen LogP contribution is -2.10. The Bertz CT molecular complexity index is 781. The number of hydrogen-bond acceptors (Lipinski definition) is 5. The van der Waals surface area contributed by atoms with Crippen LogP contribution in [-0.4, -0.2) is 28.2 Å². The molecule has 9 heteroatoms. The number of hydrogen-bond donors (Lipinski definition) is 3. The van der Waals surface area contributed by atoms with Gasteiger partial charge in [0.25, 0.3) is 0 Å². The van der Waals surface area contributed by atoms with Crippen LogP contribution in [0.3, 0.4) is 0 Å². The van der Waals surface area contributed by atoms with E-state index in [1.165, 1.54) is 6.07 Å². The van der Waals surface area contributed by atoms with Crippen molar-refractivity contribution in [3.63, 3.8) is 0 Å². The third kappa shape index (κ3) is 4.85. The minimum atomic E-state index is -4.45. The van der Waals surface area contributed by atoms with E-state index in [-0.39, 0.29) is 11.1 Å². The molecule has 1 aliphatic rings. The fourth-order valence-corrected chi connectivity index (χ4v) is 2.92. The van der Waals surface area contributed by atoms with Crippen molar-refractivity contribution in [2.45, 2.75) is 31.4 Å². The number of nitrogens with one attached hydrogen (secondary N) is 2. The summed E-state index contributed by atoms with van der Waals surface area (Å²) in [5, 5.41) is 14.8. The lowest BCUT2D eigenvalue weighted by Gasteiger charge is -2.14. The summed E-state index contributed by atoms with van der Waals surface area (Å²) in [6, 6.07) is 5.72. The number of benzene rings is 1. The van der Waals surface area contributed by atoms with Gasteiger partial charge in [-0.1, -0.05) is 15.9 Å². The summed E-state index contributed by atoms with van der Waals surface area (Å²) < 4.78 is 39.2.